The fraction of sp³-hybridized carbons (Fsp3) is 1.00. The first-order valence-electron chi connectivity index (χ1n) is 7.91. The van der Waals surface area contributed by atoms with Gasteiger partial charge < -0.3 is 19.5 Å². The summed E-state index contributed by atoms with van der Waals surface area (Å²) in [6.07, 6.45) is 5.83. The lowest BCUT2D eigenvalue weighted by molar-refractivity contribution is 0.0135. The highest BCUT2D eigenvalue weighted by Gasteiger charge is 2.28. The third-order valence-electron chi connectivity index (χ3n) is 4.09. The minimum atomic E-state index is 0.370. The smallest absolute Gasteiger partial charge is 0.0707 e. The topological polar surface area (TPSA) is 43.0 Å². The van der Waals surface area contributed by atoms with Crippen LogP contribution in [0.2, 0.25) is 0 Å². The van der Waals surface area contributed by atoms with Gasteiger partial charge in [0.05, 0.1) is 25.4 Å². The standard InChI is InChI=1S/C15H30N2O3/c1-18-9-7-17(8-10-19-2)12-15-6-5-14(20-15)11-16-13-3-4-13/h13-16H,3-12H2,1-2H3. The van der Waals surface area contributed by atoms with Crippen LogP contribution in [0, 0.1) is 0 Å². The Hall–Kier alpha value is -0.200. The third kappa shape index (κ3) is 6.06. The van der Waals surface area contributed by atoms with Gasteiger partial charge in [-0.05, 0) is 25.7 Å². The zero-order chi connectivity index (χ0) is 14.2. The summed E-state index contributed by atoms with van der Waals surface area (Å²) in [7, 11) is 3.50. The molecule has 1 saturated carbocycles. The van der Waals surface area contributed by atoms with Crippen LogP contribution in [0.5, 0.6) is 0 Å². The van der Waals surface area contributed by atoms with Gasteiger partial charge in [-0.3, -0.25) is 4.90 Å². The molecule has 118 valence electrons. The van der Waals surface area contributed by atoms with Crippen LogP contribution in [-0.4, -0.2) is 76.8 Å². The lowest BCUT2D eigenvalue weighted by Crippen LogP contribution is -2.38. The number of rotatable bonds is 11. The minimum Gasteiger partial charge on any atom is -0.383 e. The molecule has 1 saturated heterocycles. The van der Waals surface area contributed by atoms with E-state index in [4.69, 9.17) is 14.2 Å². The van der Waals surface area contributed by atoms with Crippen molar-refractivity contribution in [2.75, 3.05) is 53.6 Å². The Morgan fingerprint density at radius 3 is 2.25 bits per heavy atom. The van der Waals surface area contributed by atoms with E-state index >= 15 is 0 Å². The molecule has 0 bridgehead atoms. The molecule has 1 heterocycles. The second kappa shape index (κ2) is 8.95. The highest BCUT2D eigenvalue weighted by Crippen LogP contribution is 2.23. The zero-order valence-corrected chi connectivity index (χ0v) is 13.0. The quantitative estimate of drug-likeness (QED) is 0.611. The van der Waals surface area contributed by atoms with Crippen molar-refractivity contribution in [2.45, 2.75) is 43.9 Å². The summed E-state index contributed by atoms with van der Waals surface area (Å²) in [4.78, 5) is 2.38. The van der Waals surface area contributed by atoms with E-state index in [1.54, 1.807) is 14.2 Å². The second-order valence-corrected chi connectivity index (χ2v) is 5.93. The number of methoxy groups -OCH3 is 2. The number of hydrogen-bond acceptors (Lipinski definition) is 5. The van der Waals surface area contributed by atoms with Gasteiger partial charge >= 0.3 is 0 Å². The number of hydrogen-bond donors (Lipinski definition) is 1. The van der Waals surface area contributed by atoms with Crippen molar-refractivity contribution >= 4 is 0 Å². The summed E-state index contributed by atoms with van der Waals surface area (Å²) in [5.41, 5.74) is 0. The van der Waals surface area contributed by atoms with Gasteiger partial charge in [-0.2, -0.15) is 0 Å². The molecule has 0 aromatic rings. The van der Waals surface area contributed by atoms with E-state index < -0.39 is 0 Å². The van der Waals surface area contributed by atoms with Crippen LogP contribution in [0.3, 0.4) is 0 Å². The normalized spacial score (nSPS) is 26.6. The predicted molar refractivity (Wildman–Crippen MR) is 79.1 cm³/mol. The Balaban J connectivity index is 1.63. The Kier molecular flexibility index (Phi) is 7.24. The molecule has 1 aliphatic carbocycles. The SMILES string of the molecule is COCCN(CCOC)CC1CCC(CNC2CC2)O1. The molecule has 0 radical (unpaired) electrons. The largest absolute Gasteiger partial charge is 0.383 e. The van der Waals surface area contributed by atoms with E-state index in [2.05, 4.69) is 10.2 Å². The lowest BCUT2D eigenvalue weighted by atomic mass is 10.2. The Bertz CT molecular complexity index is 254. The third-order valence-corrected chi connectivity index (χ3v) is 4.09. The van der Waals surface area contributed by atoms with E-state index in [1.807, 2.05) is 0 Å². The highest BCUT2D eigenvalue weighted by atomic mass is 16.5. The summed E-state index contributed by atoms with van der Waals surface area (Å²) in [5.74, 6) is 0. The van der Waals surface area contributed by atoms with Crippen LogP contribution >= 0.6 is 0 Å². The van der Waals surface area contributed by atoms with Crippen LogP contribution < -0.4 is 5.32 Å². The Labute approximate surface area is 122 Å². The van der Waals surface area contributed by atoms with Crippen LogP contribution in [0.1, 0.15) is 25.7 Å². The summed E-state index contributed by atoms with van der Waals surface area (Å²) in [5, 5.41) is 3.56. The van der Waals surface area contributed by atoms with Crippen LogP contribution in [0.15, 0.2) is 0 Å². The van der Waals surface area contributed by atoms with Crippen molar-refractivity contribution in [3.05, 3.63) is 0 Å². The average Bonchev–Trinajstić information content (AvgIpc) is 3.19. The predicted octanol–water partition coefficient (Wildman–Crippen LogP) is 0.881. The molecule has 2 rings (SSSR count). The number of ether oxygens (including phenoxy) is 3. The molecule has 0 aromatic heterocycles. The van der Waals surface area contributed by atoms with Gasteiger partial charge in [0, 0.05) is 46.4 Å². The second-order valence-electron chi connectivity index (χ2n) is 5.93. The van der Waals surface area contributed by atoms with Crippen LogP contribution in [-0.2, 0) is 14.2 Å². The number of nitrogens with one attached hydrogen (secondary N) is 1. The molecule has 5 heteroatoms. The maximum absolute atomic E-state index is 6.14. The fourth-order valence-electron chi connectivity index (χ4n) is 2.67. The molecule has 0 spiro atoms. The summed E-state index contributed by atoms with van der Waals surface area (Å²) < 4.78 is 16.5. The summed E-state index contributed by atoms with van der Waals surface area (Å²) >= 11 is 0. The molecule has 2 aliphatic rings. The summed E-state index contributed by atoms with van der Waals surface area (Å²) in [6, 6.07) is 0.776. The van der Waals surface area contributed by atoms with Gasteiger partial charge in [-0.15, -0.1) is 0 Å². The van der Waals surface area contributed by atoms with Gasteiger partial charge in [0.1, 0.15) is 0 Å². The van der Waals surface area contributed by atoms with Gasteiger partial charge in [-0.25, -0.2) is 0 Å². The molecule has 0 aromatic carbocycles. The first-order valence-corrected chi connectivity index (χ1v) is 7.91. The van der Waals surface area contributed by atoms with Crippen molar-refractivity contribution in [3.8, 4) is 0 Å². The van der Waals surface area contributed by atoms with E-state index in [1.165, 1.54) is 25.7 Å². The molecule has 1 N–H and O–H groups in total. The first-order chi connectivity index (χ1) is 9.81. The molecular formula is C15H30N2O3. The molecule has 0 amide bonds. The molecule has 2 fully saturated rings. The fourth-order valence-corrected chi connectivity index (χ4v) is 2.67. The molecule has 1 aliphatic heterocycles. The van der Waals surface area contributed by atoms with Crippen molar-refractivity contribution in [1.82, 2.24) is 10.2 Å². The van der Waals surface area contributed by atoms with Crippen LogP contribution in [0.25, 0.3) is 0 Å². The highest BCUT2D eigenvalue weighted by molar-refractivity contribution is 4.84. The van der Waals surface area contributed by atoms with Gasteiger partial charge in [-0.1, -0.05) is 0 Å². The summed E-state index contributed by atoms with van der Waals surface area (Å²) in [6.45, 7) is 5.45. The first kappa shape index (κ1) is 16.2. The van der Waals surface area contributed by atoms with Crippen molar-refractivity contribution in [2.24, 2.45) is 0 Å². The Morgan fingerprint density at radius 2 is 1.65 bits per heavy atom. The van der Waals surface area contributed by atoms with Gasteiger partial charge in [0.25, 0.3) is 0 Å². The zero-order valence-electron chi connectivity index (χ0n) is 13.0. The molecule has 2 atom stereocenters. The molecule has 5 nitrogen and oxygen atoms in total. The van der Waals surface area contributed by atoms with Crippen molar-refractivity contribution in [1.29, 1.82) is 0 Å². The Morgan fingerprint density at radius 1 is 1.00 bits per heavy atom. The number of nitrogens with zero attached hydrogens (tertiary/aromatic N) is 1. The minimum absolute atomic E-state index is 0.370. The lowest BCUT2D eigenvalue weighted by Gasteiger charge is -2.25. The molecular weight excluding hydrogens is 256 g/mol. The van der Waals surface area contributed by atoms with Crippen molar-refractivity contribution in [3.63, 3.8) is 0 Å². The molecule has 20 heavy (non-hydrogen) atoms. The van der Waals surface area contributed by atoms with E-state index in [0.29, 0.717) is 12.2 Å². The van der Waals surface area contributed by atoms with E-state index in [0.717, 1.165) is 45.4 Å². The maximum atomic E-state index is 6.14. The monoisotopic (exact) mass is 286 g/mol. The average molecular weight is 286 g/mol. The van der Waals surface area contributed by atoms with E-state index in [9.17, 15) is 0 Å². The maximum Gasteiger partial charge on any atom is 0.0707 e. The van der Waals surface area contributed by atoms with Crippen molar-refractivity contribution < 1.29 is 14.2 Å². The molecule has 2 unspecified atom stereocenters. The van der Waals surface area contributed by atoms with Crippen LogP contribution in [0.4, 0.5) is 0 Å². The van der Waals surface area contributed by atoms with E-state index in [-0.39, 0.29) is 0 Å². The van der Waals surface area contributed by atoms with Gasteiger partial charge in [0.15, 0.2) is 0 Å². The van der Waals surface area contributed by atoms with Gasteiger partial charge in [0.2, 0.25) is 0 Å².